The Hall–Kier alpha value is 0.0400. The number of hydrogen-bond acceptors (Lipinski definition) is 0. The van der Waals surface area contributed by atoms with Gasteiger partial charge in [0.05, 0.1) is 4.83 Å². The number of halogens is 1. The van der Waals surface area contributed by atoms with Crippen LogP contribution in [0.3, 0.4) is 0 Å². The molecular formula is C7H11Br. The highest BCUT2D eigenvalue weighted by atomic mass is 79.9. The Morgan fingerprint density at radius 2 is 2.12 bits per heavy atom. The molecule has 0 aliphatic heterocycles. The zero-order valence-corrected chi connectivity index (χ0v) is 6.96. The summed E-state index contributed by atoms with van der Waals surface area (Å²) in [5, 5.41) is 0. The van der Waals surface area contributed by atoms with Gasteiger partial charge in [0, 0.05) is 6.42 Å². The molecular weight excluding hydrogens is 164 g/mol. The SMILES string of the molecule is CCC#CC(Br)CC. The summed E-state index contributed by atoms with van der Waals surface area (Å²) in [5.74, 6) is 6.05. The lowest BCUT2D eigenvalue weighted by molar-refractivity contribution is 1.01. The predicted octanol–water partition coefficient (Wildman–Crippen LogP) is 2.57. The normalized spacial score (nSPS) is 11.9. The smallest absolute Gasteiger partial charge is 0.0752 e. The van der Waals surface area contributed by atoms with Crippen LogP contribution in [-0.4, -0.2) is 4.83 Å². The van der Waals surface area contributed by atoms with E-state index >= 15 is 0 Å². The van der Waals surface area contributed by atoms with E-state index in [9.17, 15) is 0 Å². The highest BCUT2D eigenvalue weighted by molar-refractivity contribution is 9.09. The first-order valence-electron chi connectivity index (χ1n) is 2.93. The summed E-state index contributed by atoms with van der Waals surface area (Å²) in [6.45, 7) is 4.17. The molecule has 1 unspecified atom stereocenters. The van der Waals surface area contributed by atoms with E-state index in [1.807, 2.05) is 0 Å². The van der Waals surface area contributed by atoms with Crippen LogP contribution in [0.2, 0.25) is 0 Å². The van der Waals surface area contributed by atoms with Gasteiger partial charge in [-0.25, -0.2) is 0 Å². The van der Waals surface area contributed by atoms with Crippen LogP contribution >= 0.6 is 15.9 Å². The minimum atomic E-state index is 0.405. The second kappa shape index (κ2) is 5.18. The number of rotatable bonds is 1. The molecule has 0 saturated heterocycles. The third kappa shape index (κ3) is 4.21. The molecule has 0 radical (unpaired) electrons. The summed E-state index contributed by atoms with van der Waals surface area (Å²) < 4.78 is 0. The minimum Gasteiger partial charge on any atom is -0.102 e. The van der Waals surface area contributed by atoms with Gasteiger partial charge in [0.25, 0.3) is 0 Å². The van der Waals surface area contributed by atoms with Gasteiger partial charge < -0.3 is 0 Å². The van der Waals surface area contributed by atoms with Crippen molar-refractivity contribution in [1.82, 2.24) is 0 Å². The zero-order valence-electron chi connectivity index (χ0n) is 5.37. The lowest BCUT2D eigenvalue weighted by Crippen LogP contribution is -1.86. The first-order valence-corrected chi connectivity index (χ1v) is 3.85. The molecule has 0 N–H and O–H groups in total. The van der Waals surface area contributed by atoms with Crippen molar-refractivity contribution >= 4 is 15.9 Å². The molecule has 46 valence electrons. The van der Waals surface area contributed by atoms with Gasteiger partial charge in [-0.05, 0) is 6.42 Å². The van der Waals surface area contributed by atoms with Crippen LogP contribution in [0.5, 0.6) is 0 Å². The van der Waals surface area contributed by atoms with Crippen LogP contribution in [0.4, 0.5) is 0 Å². The molecule has 0 nitrogen and oxygen atoms in total. The fourth-order valence-corrected chi connectivity index (χ4v) is 0.477. The summed E-state index contributed by atoms with van der Waals surface area (Å²) in [4.78, 5) is 0.405. The standard InChI is InChI=1S/C7H11Br/c1-3-5-6-7(8)4-2/h7H,3-4H2,1-2H3. The molecule has 0 heterocycles. The predicted molar refractivity (Wildman–Crippen MR) is 41.1 cm³/mol. The summed E-state index contributed by atoms with van der Waals surface area (Å²) in [6, 6.07) is 0. The largest absolute Gasteiger partial charge is 0.102 e. The molecule has 0 aromatic rings. The maximum atomic E-state index is 3.40. The second-order valence-corrected chi connectivity index (χ2v) is 2.66. The Labute approximate surface area is 59.8 Å². The Morgan fingerprint density at radius 3 is 2.50 bits per heavy atom. The topological polar surface area (TPSA) is 0 Å². The van der Waals surface area contributed by atoms with Crippen LogP contribution in [-0.2, 0) is 0 Å². The molecule has 0 saturated carbocycles. The van der Waals surface area contributed by atoms with E-state index < -0.39 is 0 Å². The number of hydrogen-bond donors (Lipinski definition) is 0. The summed E-state index contributed by atoms with van der Waals surface area (Å²) in [7, 11) is 0. The van der Waals surface area contributed by atoms with Crippen molar-refractivity contribution in [2.75, 3.05) is 0 Å². The van der Waals surface area contributed by atoms with Gasteiger partial charge in [-0.1, -0.05) is 35.7 Å². The average Bonchev–Trinajstić information content (AvgIpc) is 1.83. The van der Waals surface area contributed by atoms with Crippen molar-refractivity contribution in [3.63, 3.8) is 0 Å². The van der Waals surface area contributed by atoms with Crippen LogP contribution in [0.15, 0.2) is 0 Å². The van der Waals surface area contributed by atoms with Crippen molar-refractivity contribution in [2.24, 2.45) is 0 Å². The Balaban J connectivity index is 3.35. The lowest BCUT2D eigenvalue weighted by Gasteiger charge is -1.90. The van der Waals surface area contributed by atoms with Crippen LogP contribution in [0.1, 0.15) is 26.7 Å². The molecule has 0 fully saturated rings. The van der Waals surface area contributed by atoms with E-state index in [2.05, 4.69) is 41.6 Å². The monoisotopic (exact) mass is 174 g/mol. The van der Waals surface area contributed by atoms with Crippen LogP contribution < -0.4 is 0 Å². The van der Waals surface area contributed by atoms with Gasteiger partial charge in [0.1, 0.15) is 0 Å². The molecule has 0 amide bonds. The van der Waals surface area contributed by atoms with Gasteiger partial charge in [-0.2, -0.15) is 0 Å². The summed E-state index contributed by atoms with van der Waals surface area (Å²) in [5.41, 5.74) is 0. The zero-order chi connectivity index (χ0) is 6.41. The molecule has 0 spiro atoms. The van der Waals surface area contributed by atoms with E-state index in [1.165, 1.54) is 0 Å². The molecule has 0 rings (SSSR count). The van der Waals surface area contributed by atoms with E-state index in [-0.39, 0.29) is 0 Å². The van der Waals surface area contributed by atoms with Crippen molar-refractivity contribution in [2.45, 2.75) is 31.5 Å². The van der Waals surface area contributed by atoms with Gasteiger partial charge in [0.2, 0.25) is 0 Å². The Morgan fingerprint density at radius 1 is 1.50 bits per heavy atom. The Kier molecular flexibility index (Phi) is 5.21. The molecule has 8 heavy (non-hydrogen) atoms. The summed E-state index contributed by atoms with van der Waals surface area (Å²) >= 11 is 3.40. The molecule has 0 aromatic heterocycles. The average molecular weight is 175 g/mol. The van der Waals surface area contributed by atoms with Gasteiger partial charge >= 0.3 is 0 Å². The van der Waals surface area contributed by atoms with E-state index in [0.29, 0.717) is 4.83 Å². The minimum absolute atomic E-state index is 0.405. The molecule has 0 aliphatic carbocycles. The van der Waals surface area contributed by atoms with Crippen LogP contribution in [0.25, 0.3) is 0 Å². The quantitative estimate of drug-likeness (QED) is 0.424. The maximum Gasteiger partial charge on any atom is 0.0752 e. The maximum absolute atomic E-state index is 3.40. The second-order valence-electron chi connectivity index (χ2n) is 1.55. The fourth-order valence-electron chi connectivity index (χ4n) is 0.315. The first-order chi connectivity index (χ1) is 3.81. The number of alkyl halides is 1. The highest BCUT2D eigenvalue weighted by Crippen LogP contribution is 2.00. The third-order valence-electron chi connectivity index (χ3n) is 0.794. The molecule has 1 heteroatoms. The van der Waals surface area contributed by atoms with Gasteiger partial charge in [0.15, 0.2) is 0 Å². The lowest BCUT2D eigenvalue weighted by atomic mass is 10.3. The molecule has 0 aliphatic rings. The van der Waals surface area contributed by atoms with E-state index in [0.717, 1.165) is 12.8 Å². The summed E-state index contributed by atoms with van der Waals surface area (Å²) in [6.07, 6.45) is 2.05. The third-order valence-corrected chi connectivity index (χ3v) is 1.67. The van der Waals surface area contributed by atoms with Crippen molar-refractivity contribution in [1.29, 1.82) is 0 Å². The highest BCUT2D eigenvalue weighted by Gasteiger charge is 1.89. The molecule has 1 atom stereocenters. The van der Waals surface area contributed by atoms with Crippen molar-refractivity contribution < 1.29 is 0 Å². The Bertz CT molecular complexity index is 96.7. The van der Waals surface area contributed by atoms with Crippen molar-refractivity contribution in [3.8, 4) is 11.8 Å². The van der Waals surface area contributed by atoms with E-state index in [4.69, 9.17) is 0 Å². The molecule has 0 bridgehead atoms. The van der Waals surface area contributed by atoms with Gasteiger partial charge in [-0.15, -0.1) is 5.92 Å². The van der Waals surface area contributed by atoms with E-state index in [1.54, 1.807) is 0 Å². The molecule has 0 aromatic carbocycles. The van der Waals surface area contributed by atoms with Crippen LogP contribution in [0, 0.1) is 11.8 Å². The van der Waals surface area contributed by atoms with Crippen molar-refractivity contribution in [3.05, 3.63) is 0 Å². The fraction of sp³-hybridized carbons (Fsp3) is 0.714. The first kappa shape index (κ1) is 8.04. The van der Waals surface area contributed by atoms with Gasteiger partial charge in [-0.3, -0.25) is 0 Å².